The second kappa shape index (κ2) is 5.35. The predicted octanol–water partition coefficient (Wildman–Crippen LogP) is 4.43. The zero-order valence-electron chi connectivity index (χ0n) is 11.5. The molecule has 0 saturated heterocycles. The number of benzene rings is 2. The number of nitrogens with one attached hydrogen (secondary N) is 1. The Morgan fingerprint density at radius 1 is 1.04 bits per heavy atom. The van der Waals surface area contributed by atoms with E-state index in [-0.39, 0.29) is 11.4 Å². The van der Waals surface area contributed by atoms with Gasteiger partial charge >= 0.3 is 12.3 Å². The van der Waals surface area contributed by atoms with Crippen molar-refractivity contribution in [3.8, 4) is 16.9 Å². The average molecular weight is 321 g/mol. The van der Waals surface area contributed by atoms with E-state index in [9.17, 15) is 18.0 Å². The lowest BCUT2D eigenvalue weighted by Gasteiger charge is -2.10. The summed E-state index contributed by atoms with van der Waals surface area (Å²) in [7, 11) is 0. The first-order chi connectivity index (χ1) is 10.8. The van der Waals surface area contributed by atoms with Crippen molar-refractivity contribution in [3.63, 3.8) is 0 Å². The van der Waals surface area contributed by atoms with Crippen LogP contribution in [0.2, 0.25) is 0 Å². The second-order valence-corrected chi connectivity index (χ2v) is 4.87. The lowest BCUT2D eigenvalue weighted by atomic mass is 10.0. The quantitative estimate of drug-likeness (QED) is 0.750. The van der Waals surface area contributed by atoms with Gasteiger partial charge in [0.1, 0.15) is 11.4 Å². The first-order valence-corrected chi connectivity index (χ1v) is 6.54. The zero-order chi connectivity index (χ0) is 16.6. The molecule has 0 aliphatic rings. The van der Waals surface area contributed by atoms with Crippen LogP contribution in [-0.4, -0.2) is 22.4 Å². The molecule has 0 bridgehead atoms. The van der Waals surface area contributed by atoms with Crippen molar-refractivity contribution in [3.05, 3.63) is 54.2 Å². The van der Waals surface area contributed by atoms with Crippen LogP contribution in [0.25, 0.3) is 22.0 Å². The lowest BCUT2D eigenvalue weighted by Crippen LogP contribution is -2.17. The molecular formula is C16H10F3NO3. The molecule has 1 aromatic heterocycles. The molecule has 118 valence electrons. The van der Waals surface area contributed by atoms with Gasteiger partial charge in [-0.15, -0.1) is 13.2 Å². The van der Waals surface area contributed by atoms with Gasteiger partial charge in [-0.25, -0.2) is 4.79 Å². The lowest BCUT2D eigenvalue weighted by molar-refractivity contribution is -0.274. The van der Waals surface area contributed by atoms with Crippen molar-refractivity contribution >= 4 is 16.9 Å². The molecule has 0 fully saturated rings. The van der Waals surface area contributed by atoms with E-state index in [1.165, 1.54) is 24.3 Å². The van der Waals surface area contributed by atoms with Crippen LogP contribution in [0.5, 0.6) is 5.75 Å². The van der Waals surface area contributed by atoms with Gasteiger partial charge in [0, 0.05) is 10.9 Å². The van der Waals surface area contributed by atoms with E-state index in [0.29, 0.717) is 22.0 Å². The highest BCUT2D eigenvalue weighted by Crippen LogP contribution is 2.29. The topological polar surface area (TPSA) is 62.3 Å². The summed E-state index contributed by atoms with van der Waals surface area (Å²) in [5.41, 5.74) is 1.80. The Labute approximate surface area is 128 Å². The molecule has 2 aromatic carbocycles. The molecule has 3 aromatic rings. The summed E-state index contributed by atoms with van der Waals surface area (Å²) >= 11 is 0. The van der Waals surface area contributed by atoms with Crippen LogP contribution in [0.1, 0.15) is 10.5 Å². The van der Waals surface area contributed by atoms with Crippen LogP contribution in [0.15, 0.2) is 48.5 Å². The van der Waals surface area contributed by atoms with Crippen molar-refractivity contribution in [1.82, 2.24) is 4.98 Å². The van der Waals surface area contributed by atoms with E-state index < -0.39 is 12.3 Å². The van der Waals surface area contributed by atoms with Crippen LogP contribution in [0.4, 0.5) is 13.2 Å². The van der Waals surface area contributed by atoms with Crippen LogP contribution in [-0.2, 0) is 0 Å². The number of halogens is 3. The predicted molar refractivity (Wildman–Crippen MR) is 77.4 cm³/mol. The highest BCUT2D eigenvalue weighted by atomic mass is 19.4. The number of hydrogen-bond donors (Lipinski definition) is 2. The molecule has 7 heteroatoms. The van der Waals surface area contributed by atoms with Gasteiger partial charge in [-0.3, -0.25) is 0 Å². The molecule has 0 unspecified atom stereocenters. The molecule has 0 spiro atoms. The molecule has 0 aliphatic heterocycles. The third-order valence-electron chi connectivity index (χ3n) is 3.25. The number of carbonyl (C=O) groups is 1. The van der Waals surface area contributed by atoms with Crippen molar-refractivity contribution in [1.29, 1.82) is 0 Å². The Morgan fingerprint density at radius 2 is 1.78 bits per heavy atom. The smallest absolute Gasteiger partial charge is 0.477 e. The maximum absolute atomic E-state index is 12.3. The average Bonchev–Trinajstić information content (AvgIpc) is 2.89. The van der Waals surface area contributed by atoms with E-state index in [1.54, 1.807) is 24.3 Å². The first-order valence-electron chi connectivity index (χ1n) is 6.54. The number of aromatic carboxylic acids is 1. The Balaban J connectivity index is 1.99. The molecule has 0 radical (unpaired) electrons. The number of carboxylic acids is 1. The van der Waals surface area contributed by atoms with Crippen LogP contribution in [0, 0.1) is 0 Å². The number of aromatic nitrogens is 1. The summed E-state index contributed by atoms with van der Waals surface area (Å²) in [6.45, 7) is 0. The van der Waals surface area contributed by atoms with Gasteiger partial charge in [-0.1, -0.05) is 24.3 Å². The van der Waals surface area contributed by atoms with Gasteiger partial charge < -0.3 is 14.8 Å². The normalized spacial score (nSPS) is 11.6. The molecule has 3 rings (SSSR count). The van der Waals surface area contributed by atoms with E-state index >= 15 is 0 Å². The van der Waals surface area contributed by atoms with Crippen LogP contribution < -0.4 is 4.74 Å². The van der Waals surface area contributed by atoms with Crippen LogP contribution in [0.3, 0.4) is 0 Å². The van der Waals surface area contributed by atoms with E-state index in [1.807, 2.05) is 0 Å². The number of hydrogen-bond acceptors (Lipinski definition) is 2. The van der Waals surface area contributed by atoms with E-state index in [0.717, 1.165) is 0 Å². The molecule has 0 saturated carbocycles. The number of rotatable bonds is 3. The molecule has 0 atom stereocenters. The molecule has 2 N–H and O–H groups in total. The molecule has 1 heterocycles. The fourth-order valence-corrected chi connectivity index (χ4v) is 2.29. The van der Waals surface area contributed by atoms with Gasteiger partial charge in [0.15, 0.2) is 0 Å². The van der Waals surface area contributed by atoms with Gasteiger partial charge in [-0.05, 0) is 35.4 Å². The second-order valence-electron chi connectivity index (χ2n) is 4.87. The number of carboxylic acid groups (broad SMARTS) is 1. The maximum atomic E-state index is 12.3. The molecule has 0 amide bonds. The summed E-state index contributed by atoms with van der Waals surface area (Å²) in [6, 6.07) is 12.2. The van der Waals surface area contributed by atoms with Gasteiger partial charge in [0.05, 0.1) is 0 Å². The Morgan fingerprint density at radius 3 is 2.48 bits per heavy atom. The minimum absolute atomic E-state index is 0.0475. The fourth-order valence-electron chi connectivity index (χ4n) is 2.29. The van der Waals surface area contributed by atoms with E-state index in [4.69, 9.17) is 5.11 Å². The zero-order valence-corrected chi connectivity index (χ0v) is 11.5. The molecule has 23 heavy (non-hydrogen) atoms. The number of ether oxygens (including phenoxy) is 1. The minimum atomic E-state index is -4.75. The fraction of sp³-hybridized carbons (Fsp3) is 0.0625. The van der Waals surface area contributed by atoms with Crippen LogP contribution >= 0.6 is 0 Å². The Hall–Kier alpha value is -2.96. The maximum Gasteiger partial charge on any atom is 0.573 e. The van der Waals surface area contributed by atoms with Gasteiger partial charge in [-0.2, -0.15) is 0 Å². The van der Waals surface area contributed by atoms with Crippen molar-refractivity contribution < 1.29 is 27.8 Å². The number of alkyl halides is 3. The summed E-state index contributed by atoms with van der Waals surface area (Å²) in [4.78, 5) is 13.7. The minimum Gasteiger partial charge on any atom is -0.477 e. The van der Waals surface area contributed by atoms with Crippen molar-refractivity contribution in [2.24, 2.45) is 0 Å². The van der Waals surface area contributed by atoms with Crippen molar-refractivity contribution in [2.45, 2.75) is 6.36 Å². The summed E-state index contributed by atoms with van der Waals surface area (Å²) in [6.07, 6.45) is -4.75. The monoisotopic (exact) mass is 321 g/mol. The first kappa shape index (κ1) is 15.0. The number of H-pyrrole nitrogens is 1. The Kier molecular flexibility index (Phi) is 3.48. The molecule has 0 aliphatic carbocycles. The molecule has 4 nitrogen and oxygen atoms in total. The van der Waals surface area contributed by atoms with Gasteiger partial charge in [0.25, 0.3) is 0 Å². The highest BCUT2D eigenvalue weighted by Gasteiger charge is 2.31. The number of fused-ring (bicyclic) bond motifs is 1. The van der Waals surface area contributed by atoms with E-state index in [2.05, 4.69) is 9.72 Å². The number of aromatic amines is 1. The Bertz CT molecular complexity index is 884. The SMILES string of the molecule is O=C(O)c1cc2ccc(-c3cccc(OC(F)(F)F)c3)cc2[nH]1. The largest absolute Gasteiger partial charge is 0.573 e. The summed E-state index contributed by atoms with van der Waals surface area (Å²) < 4.78 is 40.7. The highest BCUT2D eigenvalue weighted by molar-refractivity contribution is 5.95. The standard InChI is InChI=1S/C16H10F3NO3/c17-16(18,19)23-12-3-1-2-9(6-12)10-4-5-11-8-14(15(21)22)20-13(11)7-10/h1-8,20H,(H,21,22). The molecular weight excluding hydrogens is 311 g/mol. The third-order valence-corrected chi connectivity index (χ3v) is 3.25. The summed E-state index contributed by atoms with van der Waals surface area (Å²) in [5.74, 6) is -1.39. The summed E-state index contributed by atoms with van der Waals surface area (Å²) in [5, 5.41) is 9.67. The third kappa shape index (κ3) is 3.28. The van der Waals surface area contributed by atoms with Gasteiger partial charge in [0.2, 0.25) is 0 Å². The van der Waals surface area contributed by atoms with Crippen molar-refractivity contribution in [2.75, 3.05) is 0 Å².